The lowest BCUT2D eigenvalue weighted by Crippen LogP contribution is -2.48. The fourth-order valence-corrected chi connectivity index (χ4v) is 4.61. The van der Waals surface area contributed by atoms with Crippen LogP contribution in [0.1, 0.15) is 12.5 Å². The third kappa shape index (κ3) is 6.20. The van der Waals surface area contributed by atoms with Crippen LogP contribution in [-0.2, 0) is 20.6 Å². The highest BCUT2D eigenvalue weighted by molar-refractivity contribution is 7.98. The number of carbonyl (C=O) groups excluding carboxylic acids is 1. The first-order chi connectivity index (χ1) is 13.2. The molecular formula is C19H22F2N2O3S2. The summed E-state index contributed by atoms with van der Waals surface area (Å²) in [6.45, 7) is 1.77. The Hall–Kier alpha value is -2.13. The van der Waals surface area contributed by atoms with E-state index in [4.69, 9.17) is 0 Å². The zero-order chi connectivity index (χ0) is 20.7. The normalized spacial score (nSPS) is 12.4. The maximum absolute atomic E-state index is 13.6. The first-order valence-corrected chi connectivity index (χ1v) is 11.5. The summed E-state index contributed by atoms with van der Waals surface area (Å²) in [5.41, 5.74) is 0.798. The van der Waals surface area contributed by atoms with Crippen LogP contribution >= 0.6 is 11.8 Å². The summed E-state index contributed by atoms with van der Waals surface area (Å²) < 4.78 is 51.9. The minimum absolute atomic E-state index is 0.209. The molecule has 2 rings (SSSR count). The Labute approximate surface area is 168 Å². The molecule has 0 saturated heterocycles. The van der Waals surface area contributed by atoms with Crippen molar-refractivity contribution in [2.75, 3.05) is 22.9 Å². The van der Waals surface area contributed by atoms with Crippen LogP contribution in [0.2, 0.25) is 0 Å². The molecule has 0 aromatic heterocycles. The molecule has 2 aromatic rings. The maximum Gasteiger partial charge on any atom is 0.243 e. The van der Waals surface area contributed by atoms with E-state index in [1.54, 1.807) is 18.2 Å². The van der Waals surface area contributed by atoms with Crippen molar-refractivity contribution in [1.29, 1.82) is 0 Å². The van der Waals surface area contributed by atoms with Crippen LogP contribution in [0.25, 0.3) is 0 Å². The van der Waals surface area contributed by atoms with Crippen LogP contribution < -0.4 is 9.62 Å². The van der Waals surface area contributed by atoms with Crippen molar-refractivity contribution in [1.82, 2.24) is 5.32 Å². The van der Waals surface area contributed by atoms with E-state index >= 15 is 0 Å². The molecule has 28 heavy (non-hydrogen) atoms. The second-order valence-corrected chi connectivity index (χ2v) is 9.11. The van der Waals surface area contributed by atoms with Gasteiger partial charge in [-0.05, 0) is 42.8 Å². The van der Waals surface area contributed by atoms with Gasteiger partial charge in [-0.2, -0.15) is 11.8 Å². The lowest BCUT2D eigenvalue weighted by Gasteiger charge is -2.28. The molecule has 9 heteroatoms. The SMILES string of the molecule is C[C@@H](C(=O)NCCSCc1ccccc1F)N(c1ccc(F)cc1)S(C)(=O)=O. The summed E-state index contributed by atoms with van der Waals surface area (Å²) in [7, 11) is -3.75. The standard InChI is InChI=1S/C19H22F2N2O3S2/c1-14(23(28(2,25)26)17-9-7-16(20)8-10-17)19(24)22-11-12-27-13-15-5-3-4-6-18(15)21/h3-10,14H,11-13H2,1-2H3,(H,22,24)/t14-/m0/s1. The van der Waals surface area contributed by atoms with Gasteiger partial charge in [-0.1, -0.05) is 18.2 Å². The van der Waals surface area contributed by atoms with Gasteiger partial charge in [0, 0.05) is 18.1 Å². The zero-order valence-electron chi connectivity index (χ0n) is 15.6. The number of carbonyl (C=O) groups is 1. The third-order valence-corrected chi connectivity index (χ3v) is 6.18. The molecule has 1 atom stereocenters. The minimum atomic E-state index is -3.75. The summed E-state index contributed by atoms with van der Waals surface area (Å²) in [6.07, 6.45) is 0.990. The van der Waals surface area contributed by atoms with Gasteiger partial charge in [-0.3, -0.25) is 9.10 Å². The molecule has 0 fully saturated rings. The fourth-order valence-electron chi connectivity index (χ4n) is 2.59. The number of sulfonamides is 1. The van der Waals surface area contributed by atoms with Crippen molar-refractivity contribution < 1.29 is 22.0 Å². The molecule has 0 aliphatic rings. The topological polar surface area (TPSA) is 66.5 Å². The fraction of sp³-hybridized carbons (Fsp3) is 0.316. The van der Waals surface area contributed by atoms with Crippen LogP contribution in [0.4, 0.5) is 14.5 Å². The predicted molar refractivity (Wildman–Crippen MR) is 109 cm³/mol. The van der Waals surface area contributed by atoms with Crippen LogP contribution in [-0.4, -0.2) is 38.9 Å². The van der Waals surface area contributed by atoms with Crippen molar-refractivity contribution in [2.45, 2.75) is 18.7 Å². The lowest BCUT2D eigenvalue weighted by atomic mass is 10.2. The second-order valence-electron chi connectivity index (χ2n) is 6.15. The molecule has 0 spiro atoms. The number of thioether (sulfide) groups is 1. The van der Waals surface area contributed by atoms with E-state index in [9.17, 15) is 22.0 Å². The Kier molecular flexibility index (Phi) is 7.82. The smallest absolute Gasteiger partial charge is 0.243 e. The van der Waals surface area contributed by atoms with Gasteiger partial charge in [0.05, 0.1) is 11.9 Å². The number of halogens is 2. The predicted octanol–water partition coefficient (Wildman–Crippen LogP) is 3.17. The van der Waals surface area contributed by atoms with E-state index in [0.717, 1.165) is 22.7 Å². The van der Waals surface area contributed by atoms with Crippen molar-refractivity contribution in [3.8, 4) is 0 Å². The van der Waals surface area contributed by atoms with E-state index < -0.39 is 27.8 Å². The van der Waals surface area contributed by atoms with E-state index in [1.807, 2.05) is 0 Å². The monoisotopic (exact) mass is 428 g/mol. The Balaban J connectivity index is 1.90. The molecule has 1 amide bonds. The first-order valence-electron chi connectivity index (χ1n) is 8.54. The molecular weight excluding hydrogens is 406 g/mol. The second kappa shape index (κ2) is 9.88. The van der Waals surface area contributed by atoms with Gasteiger partial charge in [0.25, 0.3) is 0 Å². The van der Waals surface area contributed by atoms with Crippen molar-refractivity contribution in [3.63, 3.8) is 0 Å². The molecule has 0 unspecified atom stereocenters. The van der Waals surface area contributed by atoms with Crippen molar-refractivity contribution in [3.05, 3.63) is 65.7 Å². The molecule has 0 radical (unpaired) electrons. The van der Waals surface area contributed by atoms with Crippen molar-refractivity contribution in [2.24, 2.45) is 0 Å². The third-order valence-electron chi connectivity index (χ3n) is 3.93. The number of benzene rings is 2. The quantitative estimate of drug-likeness (QED) is 0.623. The van der Waals surface area contributed by atoms with Crippen molar-refractivity contribution >= 4 is 33.4 Å². The van der Waals surface area contributed by atoms with Crippen LogP contribution in [0.15, 0.2) is 48.5 Å². The zero-order valence-corrected chi connectivity index (χ0v) is 17.2. The molecule has 5 nitrogen and oxygen atoms in total. The molecule has 1 N–H and O–H groups in total. The average Bonchev–Trinajstić information content (AvgIpc) is 2.63. The number of rotatable bonds is 9. The number of amides is 1. The van der Waals surface area contributed by atoms with E-state index in [-0.39, 0.29) is 11.5 Å². The number of anilines is 1. The van der Waals surface area contributed by atoms with E-state index in [0.29, 0.717) is 23.6 Å². The maximum atomic E-state index is 13.6. The van der Waals surface area contributed by atoms with Gasteiger partial charge in [0.2, 0.25) is 15.9 Å². The largest absolute Gasteiger partial charge is 0.353 e. The van der Waals surface area contributed by atoms with E-state index in [1.165, 1.54) is 36.9 Å². The Morgan fingerprint density at radius 2 is 1.79 bits per heavy atom. The number of hydrogen-bond donors (Lipinski definition) is 1. The van der Waals surface area contributed by atoms with Crippen LogP contribution in [0.5, 0.6) is 0 Å². The number of nitrogens with one attached hydrogen (secondary N) is 1. The average molecular weight is 429 g/mol. The van der Waals surface area contributed by atoms with Crippen LogP contribution in [0, 0.1) is 11.6 Å². The Morgan fingerprint density at radius 3 is 2.39 bits per heavy atom. The highest BCUT2D eigenvalue weighted by Gasteiger charge is 2.28. The van der Waals surface area contributed by atoms with E-state index in [2.05, 4.69) is 5.32 Å². The van der Waals surface area contributed by atoms with Gasteiger partial charge < -0.3 is 5.32 Å². The summed E-state index contributed by atoms with van der Waals surface area (Å²) in [5.74, 6) is -0.219. The summed E-state index contributed by atoms with van der Waals surface area (Å²) in [4.78, 5) is 12.4. The molecule has 0 bridgehead atoms. The van der Waals surface area contributed by atoms with Gasteiger partial charge >= 0.3 is 0 Å². The van der Waals surface area contributed by atoms with Crippen LogP contribution in [0.3, 0.4) is 0 Å². The Morgan fingerprint density at radius 1 is 1.14 bits per heavy atom. The molecule has 2 aromatic carbocycles. The minimum Gasteiger partial charge on any atom is -0.353 e. The highest BCUT2D eigenvalue weighted by atomic mass is 32.2. The lowest BCUT2D eigenvalue weighted by molar-refractivity contribution is -0.121. The number of nitrogens with zero attached hydrogens (tertiary/aromatic N) is 1. The summed E-state index contributed by atoms with van der Waals surface area (Å²) in [6, 6.07) is 10.4. The summed E-state index contributed by atoms with van der Waals surface area (Å²) in [5, 5.41) is 2.68. The molecule has 0 heterocycles. The highest BCUT2D eigenvalue weighted by Crippen LogP contribution is 2.21. The molecule has 152 valence electrons. The van der Waals surface area contributed by atoms with Gasteiger partial charge in [0.1, 0.15) is 17.7 Å². The Bertz CT molecular complexity index is 906. The van der Waals surface area contributed by atoms with Gasteiger partial charge in [0.15, 0.2) is 0 Å². The number of hydrogen-bond acceptors (Lipinski definition) is 4. The van der Waals surface area contributed by atoms with Gasteiger partial charge in [-0.25, -0.2) is 17.2 Å². The van der Waals surface area contributed by atoms with Gasteiger partial charge in [-0.15, -0.1) is 0 Å². The molecule has 0 aliphatic heterocycles. The summed E-state index contributed by atoms with van der Waals surface area (Å²) >= 11 is 1.46. The molecule has 0 saturated carbocycles. The first kappa shape index (κ1) is 22.2. The molecule has 0 aliphatic carbocycles.